The lowest BCUT2D eigenvalue weighted by Gasteiger charge is -2.14. The molecule has 0 heterocycles. The Bertz CT molecular complexity index is 1680. The van der Waals surface area contributed by atoms with E-state index >= 15 is 0 Å². The van der Waals surface area contributed by atoms with Crippen LogP contribution in [0.2, 0.25) is 0 Å². The van der Waals surface area contributed by atoms with Gasteiger partial charge in [0.05, 0.1) is 26.7 Å². The molecule has 10 heteroatoms. The second-order valence-electron chi connectivity index (χ2n) is 8.81. The lowest BCUT2D eigenvalue weighted by atomic mass is 10.1. The number of nitrogens with one attached hydrogen (secondary N) is 3. The van der Waals surface area contributed by atoms with Crippen LogP contribution in [0.25, 0.3) is 0 Å². The van der Waals surface area contributed by atoms with Gasteiger partial charge in [0.2, 0.25) is 0 Å². The topological polar surface area (TPSA) is 121 Å². The molecule has 4 aromatic carbocycles. The molecular formula is C28H27N3O5S2. The van der Waals surface area contributed by atoms with Crippen molar-refractivity contribution in [3.8, 4) is 0 Å². The summed E-state index contributed by atoms with van der Waals surface area (Å²) in [5.41, 5.74) is 3.61. The summed E-state index contributed by atoms with van der Waals surface area (Å²) in [7, 11) is -7.77. The molecule has 0 aliphatic carbocycles. The fourth-order valence-corrected chi connectivity index (χ4v) is 6.06. The molecule has 38 heavy (non-hydrogen) atoms. The average molecular weight is 550 g/mol. The maximum atomic E-state index is 13.0. The number of carbonyl (C=O) groups excluding carboxylic acids is 1. The molecule has 1 amide bonds. The fraction of sp³-hybridized carbons (Fsp3) is 0.107. The van der Waals surface area contributed by atoms with Gasteiger partial charge in [-0.15, -0.1) is 0 Å². The first-order valence-corrected chi connectivity index (χ1v) is 14.6. The molecule has 0 atom stereocenters. The number of hydrogen-bond donors (Lipinski definition) is 3. The number of para-hydroxylation sites is 2. The lowest BCUT2D eigenvalue weighted by Crippen LogP contribution is -2.19. The van der Waals surface area contributed by atoms with E-state index in [1.807, 2.05) is 39.0 Å². The number of benzene rings is 4. The first-order chi connectivity index (χ1) is 18.0. The Kier molecular flexibility index (Phi) is 7.56. The van der Waals surface area contributed by atoms with Gasteiger partial charge in [-0.2, -0.15) is 0 Å². The number of carbonyl (C=O) groups is 1. The van der Waals surface area contributed by atoms with Crippen LogP contribution in [0, 0.1) is 20.8 Å². The van der Waals surface area contributed by atoms with Crippen LogP contribution in [0.3, 0.4) is 0 Å². The largest absolute Gasteiger partial charge is 0.322 e. The highest BCUT2D eigenvalue weighted by Gasteiger charge is 2.20. The first-order valence-electron chi connectivity index (χ1n) is 11.7. The first kappa shape index (κ1) is 26.9. The normalized spacial score (nSPS) is 11.6. The molecule has 0 unspecified atom stereocenters. The predicted octanol–water partition coefficient (Wildman–Crippen LogP) is 5.47. The van der Waals surface area contributed by atoms with Crippen LogP contribution in [-0.4, -0.2) is 22.7 Å². The molecule has 0 bridgehead atoms. The summed E-state index contributed by atoms with van der Waals surface area (Å²) in [4.78, 5) is 13.1. The molecule has 0 radical (unpaired) electrons. The van der Waals surface area contributed by atoms with Gasteiger partial charge in [0, 0.05) is 5.69 Å². The van der Waals surface area contributed by atoms with Crippen molar-refractivity contribution in [1.82, 2.24) is 0 Å². The monoisotopic (exact) mass is 549 g/mol. The molecule has 0 aliphatic heterocycles. The Morgan fingerprint density at radius 1 is 0.605 bits per heavy atom. The van der Waals surface area contributed by atoms with Crippen LogP contribution in [0.1, 0.15) is 27.0 Å². The van der Waals surface area contributed by atoms with Gasteiger partial charge < -0.3 is 5.32 Å². The van der Waals surface area contributed by atoms with Crippen LogP contribution in [-0.2, 0) is 20.0 Å². The number of sulfonamides is 2. The summed E-state index contributed by atoms with van der Waals surface area (Å²) in [5.74, 6) is -0.559. The van der Waals surface area contributed by atoms with E-state index in [2.05, 4.69) is 14.8 Å². The molecule has 0 spiro atoms. The van der Waals surface area contributed by atoms with Crippen molar-refractivity contribution in [3.05, 3.63) is 113 Å². The Morgan fingerprint density at radius 2 is 1.13 bits per heavy atom. The SMILES string of the molecule is Cc1ccc(S(=O)(=O)Nc2ccccc2C(=O)Nc2ccc(S(=O)(=O)Nc3c(C)cccc3C)cc2)cc1. The molecule has 0 fully saturated rings. The number of aryl methyl sites for hydroxylation is 3. The van der Waals surface area contributed by atoms with Gasteiger partial charge in [-0.3, -0.25) is 14.2 Å². The highest BCUT2D eigenvalue weighted by Crippen LogP contribution is 2.25. The molecule has 0 aromatic heterocycles. The van der Waals surface area contributed by atoms with Gasteiger partial charge in [-0.1, -0.05) is 48.0 Å². The maximum absolute atomic E-state index is 13.0. The van der Waals surface area contributed by atoms with E-state index in [1.54, 1.807) is 24.3 Å². The third-order valence-electron chi connectivity index (χ3n) is 5.89. The zero-order valence-electron chi connectivity index (χ0n) is 21.0. The molecule has 196 valence electrons. The van der Waals surface area contributed by atoms with Crippen LogP contribution >= 0.6 is 0 Å². The minimum atomic E-state index is -3.92. The zero-order valence-corrected chi connectivity index (χ0v) is 22.7. The Labute approximate surface area is 222 Å². The third-order valence-corrected chi connectivity index (χ3v) is 8.63. The van der Waals surface area contributed by atoms with Crippen LogP contribution < -0.4 is 14.8 Å². The van der Waals surface area contributed by atoms with Crippen LogP contribution in [0.5, 0.6) is 0 Å². The number of rotatable bonds is 8. The Balaban J connectivity index is 1.51. The summed E-state index contributed by atoms with van der Waals surface area (Å²) in [6, 6.07) is 23.8. The Hall–Kier alpha value is -4.15. The van der Waals surface area contributed by atoms with Crippen molar-refractivity contribution in [2.75, 3.05) is 14.8 Å². The van der Waals surface area contributed by atoms with E-state index in [0.717, 1.165) is 16.7 Å². The van der Waals surface area contributed by atoms with Gasteiger partial charge in [0.25, 0.3) is 26.0 Å². The molecule has 4 aromatic rings. The molecular weight excluding hydrogens is 522 g/mol. The molecule has 8 nitrogen and oxygen atoms in total. The predicted molar refractivity (Wildman–Crippen MR) is 150 cm³/mol. The lowest BCUT2D eigenvalue weighted by molar-refractivity contribution is 0.102. The van der Waals surface area contributed by atoms with Crippen molar-refractivity contribution in [2.24, 2.45) is 0 Å². The van der Waals surface area contributed by atoms with Gasteiger partial charge in [0.1, 0.15) is 0 Å². The van der Waals surface area contributed by atoms with Crippen LogP contribution in [0.15, 0.2) is 101 Å². The van der Waals surface area contributed by atoms with E-state index in [9.17, 15) is 21.6 Å². The quantitative estimate of drug-likeness (QED) is 0.269. The van der Waals surface area contributed by atoms with E-state index in [0.29, 0.717) is 11.4 Å². The minimum absolute atomic E-state index is 0.0319. The number of amides is 1. The van der Waals surface area contributed by atoms with Crippen LogP contribution in [0.4, 0.5) is 17.1 Å². The number of hydrogen-bond acceptors (Lipinski definition) is 5. The molecule has 3 N–H and O–H groups in total. The second-order valence-corrected chi connectivity index (χ2v) is 12.2. The van der Waals surface area contributed by atoms with Crippen molar-refractivity contribution in [2.45, 2.75) is 30.6 Å². The highest BCUT2D eigenvalue weighted by atomic mass is 32.2. The molecule has 0 aliphatic rings. The molecule has 0 saturated heterocycles. The summed E-state index contributed by atoms with van der Waals surface area (Å²) >= 11 is 0. The van der Waals surface area contributed by atoms with Gasteiger partial charge in [-0.25, -0.2) is 16.8 Å². The van der Waals surface area contributed by atoms with E-state index in [4.69, 9.17) is 0 Å². The Morgan fingerprint density at radius 3 is 1.74 bits per heavy atom. The summed E-state index contributed by atoms with van der Waals surface area (Å²) < 4.78 is 56.6. The minimum Gasteiger partial charge on any atom is -0.322 e. The van der Waals surface area contributed by atoms with E-state index in [1.165, 1.54) is 48.5 Å². The summed E-state index contributed by atoms with van der Waals surface area (Å²) in [6.45, 7) is 5.50. The van der Waals surface area contributed by atoms with Crippen molar-refractivity contribution < 1.29 is 21.6 Å². The van der Waals surface area contributed by atoms with Gasteiger partial charge in [0.15, 0.2) is 0 Å². The van der Waals surface area contributed by atoms with Gasteiger partial charge >= 0.3 is 0 Å². The third kappa shape index (κ3) is 6.04. The standard InChI is InChI=1S/C28H27N3O5S2/c1-19-11-15-23(16-12-19)37(33,34)30-26-10-5-4-9-25(26)28(32)29-22-13-17-24(18-14-22)38(35,36)31-27-20(2)7-6-8-21(27)3/h4-18,30-31H,1-3H3,(H,29,32). The van der Waals surface area contributed by atoms with E-state index < -0.39 is 26.0 Å². The second kappa shape index (κ2) is 10.7. The average Bonchev–Trinajstić information content (AvgIpc) is 2.87. The zero-order chi connectivity index (χ0) is 27.5. The molecule has 4 rings (SSSR count). The number of anilines is 3. The van der Waals surface area contributed by atoms with Crippen molar-refractivity contribution >= 4 is 43.0 Å². The fourth-order valence-electron chi connectivity index (χ4n) is 3.78. The van der Waals surface area contributed by atoms with E-state index in [-0.39, 0.29) is 21.0 Å². The van der Waals surface area contributed by atoms with Crippen molar-refractivity contribution in [1.29, 1.82) is 0 Å². The maximum Gasteiger partial charge on any atom is 0.261 e. The summed E-state index contributed by atoms with van der Waals surface area (Å²) in [5, 5.41) is 2.69. The van der Waals surface area contributed by atoms with Gasteiger partial charge in [-0.05, 0) is 80.4 Å². The molecule has 0 saturated carbocycles. The smallest absolute Gasteiger partial charge is 0.261 e. The summed E-state index contributed by atoms with van der Waals surface area (Å²) in [6.07, 6.45) is 0. The highest BCUT2D eigenvalue weighted by molar-refractivity contribution is 7.93. The van der Waals surface area contributed by atoms with Crippen molar-refractivity contribution in [3.63, 3.8) is 0 Å².